The second-order valence-corrected chi connectivity index (χ2v) is 4.27. The van der Waals surface area contributed by atoms with Crippen molar-refractivity contribution in [2.75, 3.05) is 11.1 Å². The van der Waals surface area contributed by atoms with Gasteiger partial charge in [-0.15, -0.1) is 0 Å². The monoisotopic (exact) mass is 298 g/mol. The smallest absolute Gasteiger partial charge is 0.399 e. The van der Waals surface area contributed by atoms with E-state index >= 15 is 0 Å². The second-order valence-electron chi connectivity index (χ2n) is 4.27. The maximum Gasteiger partial charge on any atom is 0.417 e. The molecule has 0 bridgehead atoms. The minimum atomic E-state index is -4.83. The number of hydrogen-bond acceptors (Lipinski definition) is 2. The number of nitrogens with one attached hydrogen (secondary N) is 1. The van der Waals surface area contributed by atoms with Crippen LogP contribution in [0.1, 0.15) is 15.9 Å². The summed E-state index contributed by atoms with van der Waals surface area (Å²) in [6.07, 6.45) is -4.83. The molecule has 0 unspecified atom stereocenters. The van der Waals surface area contributed by atoms with E-state index in [0.29, 0.717) is 5.69 Å². The van der Waals surface area contributed by atoms with E-state index in [0.717, 1.165) is 12.1 Å². The molecule has 3 N–H and O–H groups in total. The Morgan fingerprint density at radius 3 is 2.43 bits per heavy atom. The van der Waals surface area contributed by atoms with Gasteiger partial charge in [-0.2, -0.15) is 13.2 Å². The van der Waals surface area contributed by atoms with Crippen LogP contribution in [-0.2, 0) is 6.18 Å². The van der Waals surface area contributed by atoms with Crippen molar-refractivity contribution in [2.24, 2.45) is 0 Å². The minimum absolute atomic E-state index is 0.248. The van der Waals surface area contributed by atoms with E-state index in [9.17, 15) is 22.4 Å². The van der Waals surface area contributed by atoms with Gasteiger partial charge in [-0.3, -0.25) is 4.79 Å². The molecular formula is C14H10F4N2O. The number of amides is 1. The summed E-state index contributed by atoms with van der Waals surface area (Å²) >= 11 is 0. The van der Waals surface area contributed by atoms with Crippen molar-refractivity contribution in [3.63, 3.8) is 0 Å². The topological polar surface area (TPSA) is 55.1 Å². The van der Waals surface area contributed by atoms with Gasteiger partial charge < -0.3 is 11.1 Å². The van der Waals surface area contributed by atoms with Crippen molar-refractivity contribution >= 4 is 17.3 Å². The zero-order valence-electron chi connectivity index (χ0n) is 10.5. The third-order valence-corrected chi connectivity index (χ3v) is 2.68. The lowest BCUT2D eigenvalue weighted by Gasteiger charge is -2.13. The number of alkyl halides is 3. The largest absolute Gasteiger partial charge is 0.417 e. The summed E-state index contributed by atoms with van der Waals surface area (Å²) in [5, 5.41) is 2.29. The summed E-state index contributed by atoms with van der Waals surface area (Å²) in [5.41, 5.74) is 4.12. The first-order valence-electron chi connectivity index (χ1n) is 5.81. The lowest BCUT2D eigenvalue weighted by molar-refractivity contribution is -0.138. The number of hydrogen-bond donors (Lipinski definition) is 2. The number of rotatable bonds is 2. The first-order valence-corrected chi connectivity index (χ1v) is 5.81. The standard InChI is InChI=1S/C14H10F4N2O/c15-8-4-5-11(12(6-8)14(16,17)18)13(21)20-10-3-1-2-9(19)7-10/h1-7H,19H2,(H,20,21). The Morgan fingerprint density at radius 1 is 1.10 bits per heavy atom. The van der Waals surface area contributed by atoms with Crippen LogP contribution in [0.5, 0.6) is 0 Å². The zero-order chi connectivity index (χ0) is 15.6. The van der Waals surface area contributed by atoms with Crippen molar-refractivity contribution in [1.29, 1.82) is 0 Å². The molecule has 0 atom stereocenters. The average molecular weight is 298 g/mol. The molecule has 0 radical (unpaired) electrons. The van der Waals surface area contributed by atoms with Gasteiger partial charge >= 0.3 is 6.18 Å². The summed E-state index contributed by atoms with van der Waals surface area (Å²) < 4.78 is 51.4. The summed E-state index contributed by atoms with van der Waals surface area (Å²) in [4.78, 5) is 11.9. The quantitative estimate of drug-likeness (QED) is 0.656. The molecule has 110 valence electrons. The van der Waals surface area contributed by atoms with Crippen LogP contribution >= 0.6 is 0 Å². The highest BCUT2D eigenvalue weighted by Crippen LogP contribution is 2.33. The molecule has 0 saturated heterocycles. The molecule has 0 aromatic heterocycles. The van der Waals surface area contributed by atoms with E-state index < -0.39 is 29.0 Å². The fourth-order valence-corrected chi connectivity index (χ4v) is 1.76. The maximum atomic E-state index is 13.0. The predicted molar refractivity (Wildman–Crippen MR) is 70.2 cm³/mol. The Kier molecular flexibility index (Phi) is 3.84. The Bertz CT molecular complexity index is 683. The summed E-state index contributed by atoms with van der Waals surface area (Å²) in [6, 6.07) is 7.85. The highest BCUT2D eigenvalue weighted by atomic mass is 19.4. The predicted octanol–water partition coefficient (Wildman–Crippen LogP) is 3.68. The van der Waals surface area contributed by atoms with E-state index in [-0.39, 0.29) is 11.8 Å². The number of nitrogen functional groups attached to an aromatic ring is 1. The SMILES string of the molecule is Nc1cccc(NC(=O)c2ccc(F)cc2C(F)(F)F)c1. The van der Waals surface area contributed by atoms with Gasteiger partial charge in [0, 0.05) is 11.4 Å². The normalized spacial score (nSPS) is 11.2. The van der Waals surface area contributed by atoms with Crippen LogP contribution in [0.2, 0.25) is 0 Å². The van der Waals surface area contributed by atoms with E-state index in [1.165, 1.54) is 12.1 Å². The number of carbonyl (C=O) groups excluding carboxylic acids is 1. The van der Waals surface area contributed by atoms with Crippen molar-refractivity contribution in [3.8, 4) is 0 Å². The van der Waals surface area contributed by atoms with Crippen LogP contribution in [0.3, 0.4) is 0 Å². The van der Waals surface area contributed by atoms with Crippen molar-refractivity contribution in [1.82, 2.24) is 0 Å². The van der Waals surface area contributed by atoms with Gasteiger partial charge in [-0.25, -0.2) is 4.39 Å². The maximum absolute atomic E-state index is 13.0. The number of benzene rings is 2. The molecule has 0 aliphatic rings. The van der Waals surface area contributed by atoms with Crippen LogP contribution in [0, 0.1) is 5.82 Å². The third kappa shape index (κ3) is 3.50. The number of nitrogens with two attached hydrogens (primary N) is 1. The number of carbonyl (C=O) groups is 1. The molecule has 2 aromatic rings. The molecular weight excluding hydrogens is 288 g/mol. The highest BCUT2D eigenvalue weighted by molar-refractivity contribution is 6.05. The molecule has 0 heterocycles. The number of anilines is 2. The third-order valence-electron chi connectivity index (χ3n) is 2.68. The Hall–Kier alpha value is -2.57. The minimum Gasteiger partial charge on any atom is -0.399 e. The van der Waals surface area contributed by atoms with Gasteiger partial charge in [0.2, 0.25) is 0 Å². The van der Waals surface area contributed by atoms with E-state index in [2.05, 4.69) is 5.32 Å². The molecule has 7 heteroatoms. The summed E-state index contributed by atoms with van der Waals surface area (Å²) in [7, 11) is 0. The molecule has 3 nitrogen and oxygen atoms in total. The number of halogens is 4. The van der Waals surface area contributed by atoms with E-state index in [1.807, 2.05) is 0 Å². The molecule has 0 fully saturated rings. The molecule has 1 amide bonds. The zero-order valence-corrected chi connectivity index (χ0v) is 10.5. The fourth-order valence-electron chi connectivity index (χ4n) is 1.76. The molecule has 0 spiro atoms. The van der Waals surface area contributed by atoms with Gasteiger partial charge in [-0.1, -0.05) is 6.07 Å². The molecule has 0 aliphatic heterocycles. The molecule has 0 saturated carbocycles. The van der Waals surface area contributed by atoms with Crippen molar-refractivity contribution < 1.29 is 22.4 Å². The summed E-state index contributed by atoms with van der Waals surface area (Å²) in [6.45, 7) is 0. The van der Waals surface area contributed by atoms with Crippen molar-refractivity contribution in [3.05, 3.63) is 59.4 Å². The van der Waals surface area contributed by atoms with Crippen molar-refractivity contribution in [2.45, 2.75) is 6.18 Å². The first kappa shape index (κ1) is 14.8. The van der Waals surface area contributed by atoms with Gasteiger partial charge in [0.25, 0.3) is 5.91 Å². The van der Waals surface area contributed by atoms with E-state index in [4.69, 9.17) is 5.73 Å². The molecule has 0 aliphatic carbocycles. The van der Waals surface area contributed by atoms with Crippen LogP contribution in [-0.4, -0.2) is 5.91 Å². The summed E-state index contributed by atoms with van der Waals surface area (Å²) in [5.74, 6) is -2.06. The first-order chi connectivity index (χ1) is 9.77. The lowest BCUT2D eigenvalue weighted by atomic mass is 10.1. The van der Waals surface area contributed by atoms with Gasteiger partial charge in [-0.05, 0) is 36.4 Å². The van der Waals surface area contributed by atoms with Gasteiger partial charge in [0.1, 0.15) is 5.82 Å². The highest BCUT2D eigenvalue weighted by Gasteiger charge is 2.35. The molecule has 21 heavy (non-hydrogen) atoms. The average Bonchev–Trinajstić information content (AvgIpc) is 2.37. The van der Waals surface area contributed by atoms with E-state index in [1.54, 1.807) is 12.1 Å². The van der Waals surface area contributed by atoms with Gasteiger partial charge in [0.05, 0.1) is 11.1 Å². The Morgan fingerprint density at radius 2 is 1.81 bits per heavy atom. The second kappa shape index (κ2) is 5.43. The van der Waals surface area contributed by atoms with Crippen LogP contribution in [0.15, 0.2) is 42.5 Å². The molecule has 2 aromatic carbocycles. The van der Waals surface area contributed by atoms with Gasteiger partial charge in [0.15, 0.2) is 0 Å². The van der Waals surface area contributed by atoms with Crippen LogP contribution < -0.4 is 11.1 Å². The Labute approximate surface area is 117 Å². The van der Waals surface area contributed by atoms with Crippen LogP contribution in [0.25, 0.3) is 0 Å². The van der Waals surface area contributed by atoms with Crippen LogP contribution in [0.4, 0.5) is 28.9 Å². The fraction of sp³-hybridized carbons (Fsp3) is 0.0714. The lowest BCUT2D eigenvalue weighted by Crippen LogP contribution is -2.19. The Balaban J connectivity index is 2.35. The molecule has 2 rings (SSSR count).